The molecular formula is C18H14F3N5O4S. The normalized spacial score (nSPS) is 10.8. The number of anilines is 1. The number of carbonyl (C=O) groups excluding carboxylic acids is 1. The van der Waals surface area contributed by atoms with E-state index in [4.69, 9.17) is 5.11 Å². The molecule has 0 radical (unpaired) electrons. The van der Waals surface area contributed by atoms with Gasteiger partial charge in [0.25, 0.3) is 0 Å². The highest BCUT2D eigenvalue weighted by atomic mass is 32.2. The Bertz CT molecular complexity index is 1190. The van der Waals surface area contributed by atoms with E-state index in [0.29, 0.717) is 12.2 Å². The van der Waals surface area contributed by atoms with Crippen LogP contribution in [0.15, 0.2) is 41.2 Å². The van der Waals surface area contributed by atoms with Gasteiger partial charge in [0.2, 0.25) is 0 Å². The molecule has 0 aliphatic rings. The molecule has 0 saturated heterocycles. The number of benzene rings is 2. The lowest BCUT2D eigenvalue weighted by atomic mass is 10.2. The number of hydrogen-bond acceptors (Lipinski definition) is 6. The zero-order valence-corrected chi connectivity index (χ0v) is 16.6. The predicted molar refractivity (Wildman–Crippen MR) is 105 cm³/mol. The summed E-state index contributed by atoms with van der Waals surface area (Å²) in [6.45, 7) is 1.79. The van der Waals surface area contributed by atoms with Crippen molar-refractivity contribution >= 4 is 29.6 Å². The zero-order valence-electron chi connectivity index (χ0n) is 15.8. The van der Waals surface area contributed by atoms with Gasteiger partial charge in [-0.3, -0.25) is 0 Å². The molecule has 0 saturated carbocycles. The highest BCUT2D eigenvalue weighted by Gasteiger charge is 2.27. The summed E-state index contributed by atoms with van der Waals surface area (Å²) in [5, 5.41) is 15.7. The Balaban J connectivity index is 2.05. The minimum atomic E-state index is -1.37. The van der Waals surface area contributed by atoms with Gasteiger partial charge in [-0.25, -0.2) is 31.9 Å². The van der Waals surface area contributed by atoms with Crippen molar-refractivity contribution in [3.63, 3.8) is 0 Å². The first-order chi connectivity index (χ1) is 14.8. The molecule has 0 fully saturated rings. The van der Waals surface area contributed by atoms with Crippen LogP contribution in [0.25, 0.3) is 5.69 Å². The Morgan fingerprint density at radius 2 is 1.77 bits per heavy atom. The van der Waals surface area contributed by atoms with Crippen molar-refractivity contribution in [1.82, 2.24) is 19.8 Å². The average Bonchev–Trinajstić information content (AvgIpc) is 3.09. The van der Waals surface area contributed by atoms with Crippen LogP contribution in [-0.4, -0.2) is 42.7 Å². The first kappa shape index (κ1) is 22.1. The molecule has 1 heterocycles. The summed E-state index contributed by atoms with van der Waals surface area (Å²) < 4.78 is 43.8. The van der Waals surface area contributed by atoms with Gasteiger partial charge in [-0.1, -0.05) is 13.0 Å². The summed E-state index contributed by atoms with van der Waals surface area (Å²) in [6, 6.07) is 4.59. The smallest absolute Gasteiger partial charge is 0.377 e. The summed E-state index contributed by atoms with van der Waals surface area (Å²) >= 11 is 0.838. The van der Waals surface area contributed by atoms with Crippen LogP contribution >= 0.6 is 11.9 Å². The molecule has 0 bridgehead atoms. The third kappa shape index (κ3) is 4.30. The van der Waals surface area contributed by atoms with Crippen molar-refractivity contribution in [2.45, 2.75) is 13.3 Å². The van der Waals surface area contributed by atoms with Gasteiger partial charge < -0.3 is 5.11 Å². The molecule has 1 N–H and O–H groups in total. The fraction of sp³-hybridized carbons (Fsp3) is 0.167. The Labute approximate surface area is 176 Å². The quantitative estimate of drug-likeness (QED) is 0.451. The van der Waals surface area contributed by atoms with E-state index in [1.54, 1.807) is 6.92 Å². The predicted octanol–water partition coefficient (Wildman–Crippen LogP) is 3.08. The van der Waals surface area contributed by atoms with E-state index in [1.807, 2.05) is 0 Å². The van der Waals surface area contributed by atoms with Crippen molar-refractivity contribution in [2.24, 2.45) is 0 Å². The highest BCUT2D eigenvalue weighted by molar-refractivity contribution is 8.01. The molecule has 0 atom stereocenters. The van der Waals surface area contributed by atoms with Crippen LogP contribution in [-0.2, 0) is 0 Å². The molecule has 3 aromatic rings. The van der Waals surface area contributed by atoms with Crippen molar-refractivity contribution < 1.29 is 27.9 Å². The van der Waals surface area contributed by atoms with Crippen LogP contribution in [0.1, 0.15) is 23.7 Å². The summed E-state index contributed by atoms with van der Waals surface area (Å²) in [6.07, 6.45) is 0.575. The number of carboxylic acid groups (broad SMARTS) is 1. The third-order valence-electron chi connectivity index (χ3n) is 3.92. The van der Waals surface area contributed by atoms with Gasteiger partial charge in [-0.05, 0) is 59.1 Å². The zero-order chi connectivity index (χ0) is 22.7. The van der Waals surface area contributed by atoms with E-state index in [1.165, 1.54) is 0 Å². The molecule has 162 valence electrons. The van der Waals surface area contributed by atoms with E-state index in [-0.39, 0.29) is 20.6 Å². The maximum Gasteiger partial charge on any atom is 0.377 e. The lowest BCUT2D eigenvalue weighted by molar-refractivity contribution is 0.0696. The maximum absolute atomic E-state index is 14.5. The number of hydrogen-bond donors (Lipinski definition) is 1. The van der Waals surface area contributed by atoms with Gasteiger partial charge in [0.15, 0.2) is 11.6 Å². The van der Waals surface area contributed by atoms with E-state index in [9.17, 15) is 27.6 Å². The largest absolute Gasteiger partial charge is 0.478 e. The van der Waals surface area contributed by atoms with Gasteiger partial charge in [-0.15, -0.1) is 4.68 Å². The number of carboxylic acids is 1. The molecule has 0 aliphatic heterocycles. The lowest BCUT2D eigenvalue weighted by Crippen LogP contribution is -2.38. The number of para-hydroxylation sites is 1. The van der Waals surface area contributed by atoms with Gasteiger partial charge >= 0.3 is 17.7 Å². The van der Waals surface area contributed by atoms with Gasteiger partial charge in [0.1, 0.15) is 11.5 Å². The molecule has 0 spiro atoms. The Morgan fingerprint density at radius 3 is 2.35 bits per heavy atom. The summed E-state index contributed by atoms with van der Waals surface area (Å²) in [4.78, 5) is 36.6. The molecule has 9 nitrogen and oxygen atoms in total. The SMILES string of the molecule is CCCSN(C(=O)n1nnn(-c2c(F)cccc2F)c1=O)c1ccc(C(=O)O)cc1F. The lowest BCUT2D eigenvalue weighted by Gasteiger charge is -2.20. The van der Waals surface area contributed by atoms with Crippen LogP contribution in [0.2, 0.25) is 0 Å². The van der Waals surface area contributed by atoms with Crippen molar-refractivity contribution in [2.75, 3.05) is 10.1 Å². The van der Waals surface area contributed by atoms with Gasteiger partial charge in [0, 0.05) is 5.75 Å². The van der Waals surface area contributed by atoms with Crippen molar-refractivity contribution in [3.8, 4) is 5.69 Å². The number of tetrazole rings is 1. The Morgan fingerprint density at radius 1 is 1.10 bits per heavy atom. The van der Waals surface area contributed by atoms with Gasteiger partial charge in [0.05, 0.1) is 11.3 Å². The summed E-state index contributed by atoms with van der Waals surface area (Å²) in [5.41, 5.74) is -2.77. The number of amides is 1. The molecule has 31 heavy (non-hydrogen) atoms. The van der Waals surface area contributed by atoms with Crippen LogP contribution < -0.4 is 9.99 Å². The minimum absolute atomic E-state index is 0.221. The molecule has 3 rings (SSSR count). The topological polar surface area (TPSA) is 110 Å². The average molecular weight is 453 g/mol. The second-order valence-corrected chi connectivity index (χ2v) is 7.07. The summed E-state index contributed by atoms with van der Waals surface area (Å²) in [5.74, 6) is -4.27. The van der Waals surface area contributed by atoms with Crippen LogP contribution in [0, 0.1) is 17.5 Å². The molecular weight excluding hydrogens is 439 g/mol. The van der Waals surface area contributed by atoms with E-state index < -0.39 is 40.8 Å². The standard InChI is InChI=1S/C18H14F3N5O4S/c1-2-8-31-26(14-7-6-10(16(27)28)9-13(14)21)18(30)25-17(29)24(22-23-25)15-11(19)4-3-5-12(15)20/h3-7,9H,2,8H2,1H3,(H,27,28). The monoisotopic (exact) mass is 453 g/mol. The van der Waals surface area contributed by atoms with Gasteiger partial charge in [-0.2, -0.15) is 4.68 Å². The number of aromatic nitrogens is 4. The van der Waals surface area contributed by atoms with E-state index in [0.717, 1.165) is 52.7 Å². The maximum atomic E-state index is 14.5. The Kier molecular flexibility index (Phi) is 6.44. The number of nitrogens with zero attached hydrogens (tertiary/aromatic N) is 5. The first-order valence-corrected chi connectivity index (χ1v) is 9.70. The minimum Gasteiger partial charge on any atom is -0.478 e. The second kappa shape index (κ2) is 9.04. The number of halogens is 3. The molecule has 2 aromatic carbocycles. The molecule has 0 aliphatic carbocycles. The highest BCUT2D eigenvalue weighted by Crippen LogP contribution is 2.28. The van der Waals surface area contributed by atoms with Crippen molar-refractivity contribution in [3.05, 3.63) is 69.9 Å². The van der Waals surface area contributed by atoms with Crippen molar-refractivity contribution in [1.29, 1.82) is 0 Å². The van der Waals surface area contributed by atoms with Crippen LogP contribution in [0.4, 0.5) is 23.7 Å². The number of rotatable bonds is 6. The molecule has 13 heteroatoms. The third-order valence-corrected chi connectivity index (χ3v) is 5.13. The first-order valence-electron chi connectivity index (χ1n) is 8.75. The number of carbonyl (C=O) groups is 2. The molecule has 0 unspecified atom stereocenters. The van der Waals surface area contributed by atoms with Crippen LogP contribution in [0.3, 0.4) is 0 Å². The molecule has 1 aromatic heterocycles. The second-order valence-electron chi connectivity index (χ2n) is 6.04. The van der Waals surface area contributed by atoms with E-state index in [2.05, 4.69) is 10.4 Å². The molecule has 1 amide bonds. The fourth-order valence-electron chi connectivity index (χ4n) is 2.50. The van der Waals surface area contributed by atoms with Crippen LogP contribution in [0.5, 0.6) is 0 Å². The summed E-state index contributed by atoms with van der Waals surface area (Å²) in [7, 11) is 0. The van der Waals surface area contributed by atoms with E-state index >= 15 is 0 Å². The Hall–Kier alpha value is -3.61. The fourth-order valence-corrected chi connectivity index (χ4v) is 3.34. The number of aromatic carboxylic acids is 1.